The van der Waals surface area contributed by atoms with Gasteiger partial charge >= 0.3 is 6.18 Å². The fourth-order valence-electron chi connectivity index (χ4n) is 1.47. The molecule has 0 N–H and O–H groups in total. The number of nitrogens with zero attached hydrogens (tertiary/aromatic N) is 1. The van der Waals surface area contributed by atoms with Gasteiger partial charge in [-0.1, -0.05) is 22.0 Å². The van der Waals surface area contributed by atoms with Crippen LogP contribution in [0.2, 0.25) is 0 Å². The maximum atomic E-state index is 12.6. The highest BCUT2D eigenvalue weighted by Crippen LogP contribution is 2.34. The normalized spacial score (nSPS) is 11.1. The number of benzene rings is 1. The molecule has 0 bridgehead atoms. The smallest absolute Gasteiger partial charge is 0.293 e. The Morgan fingerprint density at radius 3 is 2.47 bits per heavy atom. The number of ketones is 1. The van der Waals surface area contributed by atoms with Crippen LogP contribution in [0.1, 0.15) is 27.0 Å². The molecule has 0 spiro atoms. The lowest BCUT2D eigenvalue weighted by molar-refractivity contribution is -0.137. The fraction of sp³-hybridized carbons (Fsp3) is 0.273. The molecule has 0 radical (unpaired) electrons. The first kappa shape index (κ1) is 13.7. The maximum Gasteiger partial charge on any atom is 0.417 e. The zero-order chi connectivity index (χ0) is 13.2. The number of carbonyl (C=O) groups excluding carboxylic acids is 1. The Morgan fingerprint density at radius 2 is 2.06 bits per heavy atom. The third kappa shape index (κ3) is 2.67. The summed E-state index contributed by atoms with van der Waals surface area (Å²) in [7, 11) is 0. The van der Waals surface area contributed by atoms with Gasteiger partial charge in [0.25, 0.3) is 0 Å². The summed E-state index contributed by atoms with van der Waals surface area (Å²) >= 11 is 2.94. The Labute approximate surface area is 104 Å². The second-order valence-electron chi connectivity index (χ2n) is 3.33. The topological polar surface area (TPSA) is 40.9 Å². The van der Waals surface area contributed by atoms with Crippen LogP contribution in [0.3, 0.4) is 0 Å². The molecule has 0 aliphatic carbocycles. The molecule has 0 atom stereocenters. The minimum atomic E-state index is -4.59. The van der Waals surface area contributed by atoms with Crippen LogP contribution in [0.25, 0.3) is 0 Å². The van der Waals surface area contributed by atoms with Crippen molar-refractivity contribution < 1.29 is 18.0 Å². The van der Waals surface area contributed by atoms with E-state index in [2.05, 4.69) is 15.9 Å². The summed E-state index contributed by atoms with van der Waals surface area (Å²) in [6, 6.07) is 3.37. The second kappa shape index (κ2) is 4.88. The van der Waals surface area contributed by atoms with Gasteiger partial charge in [0.15, 0.2) is 5.78 Å². The van der Waals surface area contributed by atoms with Crippen molar-refractivity contribution in [1.29, 1.82) is 5.26 Å². The molecule has 0 unspecified atom stereocenters. The molecule has 0 heterocycles. The zero-order valence-corrected chi connectivity index (χ0v) is 10.3. The number of alkyl halides is 4. The van der Waals surface area contributed by atoms with E-state index in [1.165, 1.54) is 13.0 Å². The predicted octanol–water partition coefficient (Wildman–Crippen LogP) is 3.46. The van der Waals surface area contributed by atoms with E-state index in [-0.39, 0.29) is 22.2 Å². The molecule has 0 aromatic heterocycles. The van der Waals surface area contributed by atoms with Gasteiger partial charge < -0.3 is 0 Å². The Morgan fingerprint density at radius 1 is 1.47 bits per heavy atom. The molecule has 17 heavy (non-hydrogen) atoms. The highest BCUT2D eigenvalue weighted by atomic mass is 79.9. The van der Waals surface area contributed by atoms with Crippen LogP contribution in [0.4, 0.5) is 13.2 Å². The lowest BCUT2D eigenvalue weighted by Crippen LogP contribution is -2.12. The van der Waals surface area contributed by atoms with Crippen LogP contribution in [0.15, 0.2) is 12.1 Å². The minimum absolute atomic E-state index is 0.00404. The van der Waals surface area contributed by atoms with Crippen LogP contribution in [-0.2, 0) is 6.18 Å². The first-order chi connectivity index (χ1) is 7.82. The summed E-state index contributed by atoms with van der Waals surface area (Å²) in [6.07, 6.45) is -4.59. The number of hydrogen-bond acceptors (Lipinski definition) is 2. The lowest BCUT2D eigenvalue weighted by atomic mass is 9.95. The summed E-state index contributed by atoms with van der Waals surface area (Å²) in [5.74, 6) is -0.354. The quantitative estimate of drug-likeness (QED) is 0.620. The summed E-state index contributed by atoms with van der Waals surface area (Å²) < 4.78 is 37.8. The molecule has 1 aromatic rings. The number of halogens is 4. The minimum Gasteiger partial charge on any atom is -0.293 e. The van der Waals surface area contributed by atoms with Gasteiger partial charge in [-0.3, -0.25) is 4.79 Å². The SMILES string of the molecule is Cc1c(C(=O)CBr)ccc(C(F)(F)F)c1C#N. The van der Waals surface area contributed by atoms with Crippen LogP contribution < -0.4 is 0 Å². The van der Waals surface area contributed by atoms with Crippen molar-refractivity contribution in [1.82, 2.24) is 0 Å². The fourth-order valence-corrected chi connectivity index (χ4v) is 1.77. The number of rotatable bonds is 2. The van der Waals surface area contributed by atoms with E-state index >= 15 is 0 Å². The highest BCUT2D eigenvalue weighted by molar-refractivity contribution is 9.09. The first-order valence-corrected chi connectivity index (χ1v) is 5.65. The molecule has 0 amide bonds. The zero-order valence-electron chi connectivity index (χ0n) is 8.73. The van der Waals surface area contributed by atoms with E-state index in [0.717, 1.165) is 12.1 Å². The average Bonchev–Trinajstić information content (AvgIpc) is 2.26. The Hall–Kier alpha value is -1.35. The Kier molecular flexibility index (Phi) is 3.94. The predicted molar refractivity (Wildman–Crippen MR) is 59.0 cm³/mol. The van der Waals surface area contributed by atoms with Crippen molar-refractivity contribution in [3.05, 3.63) is 34.4 Å². The van der Waals surface area contributed by atoms with Crippen LogP contribution in [0.5, 0.6) is 0 Å². The number of nitriles is 1. The molecule has 6 heteroatoms. The monoisotopic (exact) mass is 305 g/mol. The lowest BCUT2D eigenvalue weighted by Gasteiger charge is -2.12. The second-order valence-corrected chi connectivity index (χ2v) is 3.89. The molecule has 2 nitrogen and oxygen atoms in total. The third-order valence-electron chi connectivity index (χ3n) is 2.30. The van der Waals surface area contributed by atoms with Crippen molar-refractivity contribution in [3.8, 4) is 6.07 Å². The number of Topliss-reactive ketones (excluding diaryl/α,β-unsaturated/α-hetero) is 1. The van der Waals surface area contributed by atoms with Crippen molar-refractivity contribution in [2.75, 3.05) is 5.33 Å². The first-order valence-electron chi connectivity index (χ1n) is 4.53. The van der Waals surface area contributed by atoms with Crippen LogP contribution in [0, 0.1) is 18.3 Å². The standard InChI is InChI=1S/C11H7BrF3NO/c1-6-7(10(17)4-12)2-3-9(8(6)5-16)11(13,14)15/h2-3H,4H2,1H3. The Balaban J connectivity index is 3.50. The number of hydrogen-bond donors (Lipinski definition) is 0. The van der Waals surface area contributed by atoms with E-state index in [0.29, 0.717) is 0 Å². The summed E-state index contributed by atoms with van der Waals surface area (Å²) in [6.45, 7) is 1.34. The van der Waals surface area contributed by atoms with Crippen molar-refractivity contribution in [2.24, 2.45) is 0 Å². The molecule has 0 saturated heterocycles. The van der Waals surface area contributed by atoms with E-state index in [1.54, 1.807) is 0 Å². The van der Waals surface area contributed by atoms with Crippen molar-refractivity contribution in [3.63, 3.8) is 0 Å². The van der Waals surface area contributed by atoms with Crippen molar-refractivity contribution >= 4 is 21.7 Å². The number of carbonyl (C=O) groups is 1. The molecule has 0 fully saturated rings. The van der Waals surface area contributed by atoms with Crippen LogP contribution in [-0.4, -0.2) is 11.1 Å². The van der Waals surface area contributed by atoms with Crippen molar-refractivity contribution in [2.45, 2.75) is 13.1 Å². The molecule has 0 saturated carbocycles. The summed E-state index contributed by atoms with van der Waals surface area (Å²) in [4.78, 5) is 11.4. The van der Waals surface area contributed by atoms with E-state index < -0.39 is 17.3 Å². The van der Waals surface area contributed by atoms with Gasteiger partial charge in [0.05, 0.1) is 16.5 Å². The van der Waals surface area contributed by atoms with E-state index in [4.69, 9.17) is 5.26 Å². The maximum absolute atomic E-state index is 12.6. The molecular formula is C11H7BrF3NO. The van der Waals surface area contributed by atoms with Gasteiger partial charge in [0, 0.05) is 5.56 Å². The third-order valence-corrected chi connectivity index (χ3v) is 2.81. The molecular weight excluding hydrogens is 299 g/mol. The molecule has 1 rings (SSSR count). The van der Waals surface area contributed by atoms with Gasteiger partial charge in [-0.2, -0.15) is 18.4 Å². The van der Waals surface area contributed by atoms with E-state index in [9.17, 15) is 18.0 Å². The summed E-state index contributed by atoms with van der Waals surface area (Å²) in [5.41, 5.74) is -1.31. The Bertz CT molecular complexity index is 503. The molecule has 0 aliphatic rings. The largest absolute Gasteiger partial charge is 0.417 e. The van der Waals surface area contributed by atoms with Crippen LogP contribution >= 0.6 is 15.9 Å². The van der Waals surface area contributed by atoms with Gasteiger partial charge in [-0.15, -0.1) is 0 Å². The van der Waals surface area contributed by atoms with Gasteiger partial charge in [-0.05, 0) is 18.6 Å². The van der Waals surface area contributed by atoms with Gasteiger partial charge in [0.1, 0.15) is 6.07 Å². The highest BCUT2D eigenvalue weighted by Gasteiger charge is 2.34. The molecule has 90 valence electrons. The molecule has 0 aliphatic heterocycles. The summed E-state index contributed by atoms with van der Waals surface area (Å²) in [5, 5.41) is 8.77. The van der Waals surface area contributed by atoms with Gasteiger partial charge in [0.2, 0.25) is 0 Å². The average molecular weight is 306 g/mol. The van der Waals surface area contributed by atoms with Gasteiger partial charge in [-0.25, -0.2) is 0 Å². The molecule has 1 aromatic carbocycles. The van der Waals surface area contributed by atoms with E-state index in [1.807, 2.05) is 0 Å².